The molecule has 0 saturated carbocycles. The Morgan fingerprint density at radius 2 is 1.58 bits per heavy atom. The molecule has 1 aromatic carbocycles. The molecule has 4 rings (SSSR count). The molecule has 0 bridgehead atoms. The maximum Gasteiger partial charge on any atom is 0.263 e. The molecular formula is C18H16N2O3S. The number of fused-ring (bicyclic) bond motifs is 1. The summed E-state index contributed by atoms with van der Waals surface area (Å²) in [5, 5.41) is 1.89. The van der Waals surface area contributed by atoms with E-state index in [-0.39, 0.29) is 23.8 Å². The van der Waals surface area contributed by atoms with E-state index < -0.39 is 0 Å². The van der Waals surface area contributed by atoms with Crippen LogP contribution >= 0.6 is 11.3 Å². The smallest absolute Gasteiger partial charge is 0.263 e. The average molecular weight is 340 g/mol. The van der Waals surface area contributed by atoms with Crippen molar-refractivity contribution < 1.29 is 14.4 Å². The Balaban J connectivity index is 1.46. The van der Waals surface area contributed by atoms with Gasteiger partial charge in [0.15, 0.2) is 0 Å². The molecule has 2 aliphatic rings. The van der Waals surface area contributed by atoms with E-state index in [1.165, 1.54) is 16.2 Å². The second-order valence-electron chi connectivity index (χ2n) is 6.03. The molecule has 122 valence electrons. The van der Waals surface area contributed by atoms with E-state index in [1.807, 2.05) is 17.5 Å². The minimum Gasteiger partial charge on any atom is -0.338 e. The Hall–Kier alpha value is -2.47. The van der Waals surface area contributed by atoms with Crippen molar-refractivity contribution in [3.8, 4) is 0 Å². The molecule has 0 radical (unpaired) electrons. The summed E-state index contributed by atoms with van der Waals surface area (Å²) in [7, 11) is 0. The van der Waals surface area contributed by atoms with Gasteiger partial charge in [0.25, 0.3) is 17.7 Å². The number of thiophene rings is 1. The Bertz CT molecular complexity index is 772. The van der Waals surface area contributed by atoms with Crippen LogP contribution in [-0.2, 0) is 0 Å². The molecule has 1 saturated heterocycles. The predicted molar refractivity (Wildman–Crippen MR) is 90.2 cm³/mol. The Labute approximate surface area is 143 Å². The van der Waals surface area contributed by atoms with Crippen molar-refractivity contribution in [1.29, 1.82) is 0 Å². The minimum atomic E-state index is -0.210. The zero-order valence-corrected chi connectivity index (χ0v) is 13.8. The van der Waals surface area contributed by atoms with E-state index in [4.69, 9.17) is 0 Å². The summed E-state index contributed by atoms with van der Waals surface area (Å²) in [4.78, 5) is 41.4. The number of hydrogen-bond donors (Lipinski definition) is 0. The van der Waals surface area contributed by atoms with E-state index in [1.54, 1.807) is 29.2 Å². The van der Waals surface area contributed by atoms with Crippen LogP contribution in [-0.4, -0.2) is 46.7 Å². The number of likely N-dealkylation sites (tertiary alicyclic amines) is 1. The lowest BCUT2D eigenvalue weighted by Crippen LogP contribution is -2.48. The molecule has 0 spiro atoms. The van der Waals surface area contributed by atoms with Crippen LogP contribution in [0.1, 0.15) is 43.2 Å². The number of imide groups is 1. The third-order valence-electron chi connectivity index (χ3n) is 4.67. The first-order chi connectivity index (χ1) is 11.7. The van der Waals surface area contributed by atoms with Crippen LogP contribution in [0.5, 0.6) is 0 Å². The zero-order chi connectivity index (χ0) is 16.7. The monoisotopic (exact) mass is 340 g/mol. The van der Waals surface area contributed by atoms with Gasteiger partial charge >= 0.3 is 0 Å². The number of piperidine rings is 1. The van der Waals surface area contributed by atoms with E-state index >= 15 is 0 Å². The lowest BCUT2D eigenvalue weighted by molar-refractivity contribution is 0.0480. The van der Waals surface area contributed by atoms with Crippen LogP contribution in [0.2, 0.25) is 0 Å². The Kier molecular flexibility index (Phi) is 3.69. The fourth-order valence-electron chi connectivity index (χ4n) is 3.42. The fraction of sp³-hybridized carbons (Fsp3) is 0.278. The van der Waals surface area contributed by atoms with Crippen LogP contribution in [0.3, 0.4) is 0 Å². The number of amides is 3. The fourth-order valence-corrected chi connectivity index (χ4v) is 4.11. The summed E-state index contributed by atoms with van der Waals surface area (Å²) < 4.78 is 0. The highest BCUT2D eigenvalue weighted by Crippen LogP contribution is 2.29. The molecule has 3 amide bonds. The summed E-state index contributed by atoms with van der Waals surface area (Å²) >= 11 is 1.43. The molecule has 6 heteroatoms. The standard InChI is InChI=1S/C18H16N2O3S/c21-16-13-4-1-2-5-14(13)17(22)20(16)12-7-9-19(10-8-12)18(23)15-6-3-11-24-15/h1-6,11-12H,7-10H2. The molecule has 2 aromatic rings. The van der Waals surface area contributed by atoms with Crippen LogP contribution in [0.25, 0.3) is 0 Å². The highest BCUT2D eigenvalue weighted by molar-refractivity contribution is 7.12. The van der Waals surface area contributed by atoms with Gasteiger partial charge in [0.05, 0.1) is 16.0 Å². The summed E-state index contributed by atoms with van der Waals surface area (Å²) in [6.07, 6.45) is 1.26. The van der Waals surface area contributed by atoms with Crippen molar-refractivity contribution in [2.75, 3.05) is 13.1 Å². The summed E-state index contributed by atoms with van der Waals surface area (Å²) in [6.45, 7) is 1.13. The average Bonchev–Trinajstić information content (AvgIpc) is 3.23. The normalized spacial score (nSPS) is 18.2. The van der Waals surface area contributed by atoms with Crippen LogP contribution in [0.4, 0.5) is 0 Å². The first-order valence-electron chi connectivity index (χ1n) is 7.96. The number of nitrogens with zero attached hydrogens (tertiary/aromatic N) is 2. The summed E-state index contributed by atoms with van der Waals surface area (Å²) in [5.41, 5.74) is 0.971. The lowest BCUT2D eigenvalue weighted by Gasteiger charge is -2.35. The van der Waals surface area contributed by atoms with Gasteiger partial charge in [-0.15, -0.1) is 11.3 Å². The first kappa shape index (κ1) is 15.1. The van der Waals surface area contributed by atoms with Crippen molar-refractivity contribution in [2.24, 2.45) is 0 Å². The van der Waals surface area contributed by atoms with Gasteiger partial charge in [0, 0.05) is 19.1 Å². The van der Waals surface area contributed by atoms with Gasteiger partial charge in [0.1, 0.15) is 0 Å². The van der Waals surface area contributed by atoms with Crippen LogP contribution in [0, 0.1) is 0 Å². The van der Waals surface area contributed by atoms with Gasteiger partial charge < -0.3 is 4.90 Å². The number of carbonyl (C=O) groups excluding carboxylic acids is 3. The molecule has 1 aromatic heterocycles. The Morgan fingerprint density at radius 3 is 2.12 bits per heavy atom. The van der Waals surface area contributed by atoms with Crippen molar-refractivity contribution in [3.63, 3.8) is 0 Å². The third kappa shape index (κ3) is 2.34. The SMILES string of the molecule is O=C(c1cccs1)N1CCC(N2C(=O)c3ccccc3C2=O)CC1. The van der Waals surface area contributed by atoms with Crippen molar-refractivity contribution in [2.45, 2.75) is 18.9 Å². The van der Waals surface area contributed by atoms with Crippen LogP contribution < -0.4 is 0 Å². The number of rotatable bonds is 2. The molecule has 0 aliphatic carbocycles. The van der Waals surface area contributed by atoms with Crippen molar-refractivity contribution >= 4 is 29.1 Å². The molecule has 2 aliphatic heterocycles. The van der Waals surface area contributed by atoms with E-state index in [0.29, 0.717) is 37.1 Å². The topological polar surface area (TPSA) is 57.7 Å². The van der Waals surface area contributed by atoms with Gasteiger partial charge in [-0.25, -0.2) is 0 Å². The second-order valence-corrected chi connectivity index (χ2v) is 6.97. The molecule has 3 heterocycles. The molecule has 0 N–H and O–H groups in total. The maximum atomic E-state index is 12.5. The molecule has 0 atom stereocenters. The first-order valence-corrected chi connectivity index (χ1v) is 8.84. The van der Waals surface area contributed by atoms with Gasteiger partial charge in [-0.2, -0.15) is 0 Å². The molecule has 24 heavy (non-hydrogen) atoms. The summed E-state index contributed by atoms with van der Waals surface area (Å²) in [5.74, 6) is -0.386. The number of hydrogen-bond acceptors (Lipinski definition) is 4. The predicted octanol–water partition coefficient (Wildman–Crippen LogP) is 2.65. The van der Waals surface area contributed by atoms with E-state index in [9.17, 15) is 14.4 Å². The lowest BCUT2D eigenvalue weighted by atomic mass is 10.0. The van der Waals surface area contributed by atoms with Gasteiger partial charge in [0.2, 0.25) is 0 Å². The maximum absolute atomic E-state index is 12.5. The largest absolute Gasteiger partial charge is 0.338 e. The summed E-state index contributed by atoms with van der Waals surface area (Å²) in [6, 6.07) is 10.5. The number of benzene rings is 1. The third-order valence-corrected chi connectivity index (χ3v) is 5.53. The van der Waals surface area contributed by atoms with Gasteiger partial charge in [-0.1, -0.05) is 18.2 Å². The second kappa shape index (κ2) is 5.87. The van der Waals surface area contributed by atoms with Crippen LogP contribution in [0.15, 0.2) is 41.8 Å². The van der Waals surface area contributed by atoms with E-state index in [2.05, 4.69) is 0 Å². The Morgan fingerprint density at radius 1 is 0.958 bits per heavy atom. The highest BCUT2D eigenvalue weighted by Gasteiger charge is 2.41. The van der Waals surface area contributed by atoms with Gasteiger partial charge in [-0.3, -0.25) is 19.3 Å². The molecular weight excluding hydrogens is 324 g/mol. The van der Waals surface area contributed by atoms with Gasteiger partial charge in [-0.05, 0) is 36.4 Å². The molecule has 0 unspecified atom stereocenters. The quantitative estimate of drug-likeness (QED) is 0.790. The highest BCUT2D eigenvalue weighted by atomic mass is 32.1. The number of carbonyl (C=O) groups is 3. The molecule has 5 nitrogen and oxygen atoms in total. The zero-order valence-electron chi connectivity index (χ0n) is 13.0. The molecule has 1 fully saturated rings. The van der Waals surface area contributed by atoms with Crippen molar-refractivity contribution in [3.05, 3.63) is 57.8 Å². The minimum absolute atomic E-state index is 0.0332. The van der Waals surface area contributed by atoms with E-state index in [0.717, 1.165) is 4.88 Å². The van der Waals surface area contributed by atoms with Crippen molar-refractivity contribution in [1.82, 2.24) is 9.80 Å².